The third-order valence-corrected chi connectivity index (χ3v) is 8.56. The molecule has 2 saturated heterocycles. The lowest BCUT2D eigenvalue weighted by molar-refractivity contribution is -0.137. The number of alkyl halides is 3. The number of amides is 1. The third-order valence-electron chi connectivity index (χ3n) is 6.54. The number of piperazine rings is 1. The van der Waals surface area contributed by atoms with Crippen molar-refractivity contribution in [1.82, 2.24) is 19.2 Å². The minimum absolute atomic E-state index is 0.0806. The summed E-state index contributed by atoms with van der Waals surface area (Å²) in [5.41, 5.74) is -2.22. The molecule has 0 aliphatic carbocycles. The number of nitrogens with zero attached hydrogens (tertiary/aromatic N) is 3. The van der Waals surface area contributed by atoms with Crippen LogP contribution in [0.5, 0.6) is 0 Å². The minimum atomic E-state index is -4.44. The lowest BCUT2D eigenvalue weighted by Crippen LogP contribution is -2.53. The van der Waals surface area contributed by atoms with Gasteiger partial charge < -0.3 is 14.8 Å². The van der Waals surface area contributed by atoms with Crippen molar-refractivity contribution in [2.75, 3.05) is 44.2 Å². The van der Waals surface area contributed by atoms with E-state index < -0.39 is 43.8 Å². The van der Waals surface area contributed by atoms with Gasteiger partial charge in [0, 0.05) is 50.6 Å². The molecule has 2 aliphatic rings. The largest absolute Gasteiger partial charge is 0.416 e. The summed E-state index contributed by atoms with van der Waals surface area (Å²) >= 11 is 0. The van der Waals surface area contributed by atoms with E-state index in [9.17, 15) is 36.0 Å². The standard InChI is InChI=1S/C22H26F3N5O5S/c1-14-18(19(31)27-21(33)26-14)36(34,35)30-7-3-4-15(13-30)20(32)29-10-8-28(9-11-29)17-6-2-5-16(12-17)22(23,24)25/h2,5-6,12,15H,3-4,7-11,13H2,1H3,(H2,26,27,31,33)/t15-/m1/s1. The number of rotatable bonds is 4. The molecule has 4 rings (SSSR count). The molecule has 0 bridgehead atoms. The average molecular weight is 530 g/mol. The number of benzene rings is 1. The highest BCUT2D eigenvalue weighted by Gasteiger charge is 2.38. The van der Waals surface area contributed by atoms with E-state index in [-0.39, 0.29) is 37.8 Å². The second-order valence-corrected chi connectivity index (χ2v) is 10.8. The molecular weight excluding hydrogens is 503 g/mol. The number of hydrogen-bond donors (Lipinski definition) is 2. The number of aryl methyl sites for hydroxylation is 1. The van der Waals surface area contributed by atoms with Gasteiger partial charge >= 0.3 is 11.9 Å². The molecule has 1 amide bonds. The van der Waals surface area contributed by atoms with Crippen LogP contribution in [0.15, 0.2) is 38.8 Å². The van der Waals surface area contributed by atoms with Crippen molar-refractivity contribution in [3.05, 3.63) is 56.4 Å². The van der Waals surface area contributed by atoms with E-state index in [2.05, 4.69) is 4.98 Å². The van der Waals surface area contributed by atoms with Crippen molar-refractivity contribution in [3.8, 4) is 0 Å². The molecule has 2 N–H and O–H groups in total. The van der Waals surface area contributed by atoms with E-state index in [0.717, 1.165) is 16.4 Å². The van der Waals surface area contributed by atoms with Crippen molar-refractivity contribution in [3.63, 3.8) is 0 Å². The Morgan fingerprint density at radius 2 is 1.75 bits per heavy atom. The van der Waals surface area contributed by atoms with E-state index in [1.165, 1.54) is 13.0 Å². The van der Waals surface area contributed by atoms with Gasteiger partial charge in [-0.25, -0.2) is 13.2 Å². The molecule has 2 aliphatic heterocycles. The summed E-state index contributed by atoms with van der Waals surface area (Å²) in [7, 11) is -4.25. The van der Waals surface area contributed by atoms with Crippen molar-refractivity contribution in [1.29, 1.82) is 0 Å². The van der Waals surface area contributed by atoms with Gasteiger partial charge in [0.15, 0.2) is 4.90 Å². The first-order valence-corrected chi connectivity index (χ1v) is 12.9. The van der Waals surface area contributed by atoms with Gasteiger partial charge in [-0.15, -0.1) is 0 Å². The number of hydrogen-bond acceptors (Lipinski definition) is 6. The summed E-state index contributed by atoms with van der Waals surface area (Å²) in [6, 6.07) is 5.04. The molecule has 2 aromatic rings. The van der Waals surface area contributed by atoms with Crippen molar-refractivity contribution in [2.24, 2.45) is 5.92 Å². The molecule has 1 atom stereocenters. The van der Waals surface area contributed by atoms with E-state index in [1.807, 2.05) is 4.98 Å². The molecule has 1 aromatic heterocycles. The number of piperidine rings is 1. The van der Waals surface area contributed by atoms with E-state index in [1.54, 1.807) is 15.9 Å². The monoisotopic (exact) mass is 529 g/mol. The van der Waals surface area contributed by atoms with Gasteiger partial charge in [-0.3, -0.25) is 14.6 Å². The number of sulfonamides is 1. The molecule has 2 fully saturated rings. The maximum atomic E-state index is 13.2. The fraction of sp³-hybridized carbons (Fsp3) is 0.500. The molecule has 10 nitrogen and oxygen atoms in total. The molecule has 0 spiro atoms. The van der Waals surface area contributed by atoms with Crippen LogP contribution in [0.1, 0.15) is 24.1 Å². The van der Waals surface area contributed by atoms with Gasteiger partial charge in [0.1, 0.15) is 0 Å². The Bertz CT molecular complexity index is 1360. The number of aromatic amines is 2. The Morgan fingerprint density at radius 3 is 2.39 bits per heavy atom. The van der Waals surface area contributed by atoms with Gasteiger partial charge in [0.25, 0.3) is 5.56 Å². The molecule has 0 unspecified atom stereocenters. The highest BCUT2D eigenvalue weighted by atomic mass is 32.2. The number of anilines is 1. The molecule has 0 saturated carbocycles. The van der Waals surface area contributed by atoms with Crippen molar-refractivity contribution >= 4 is 21.6 Å². The Balaban J connectivity index is 1.43. The zero-order chi connectivity index (χ0) is 26.3. The summed E-state index contributed by atoms with van der Waals surface area (Å²) in [6.07, 6.45) is -3.56. The molecule has 14 heteroatoms. The summed E-state index contributed by atoms with van der Waals surface area (Å²) in [5.74, 6) is -0.846. The molecule has 0 radical (unpaired) electrons. The Kier molecular flexibility index (Phi) is 7.01. The van der Waals surface area contributed by atoms with Crippen LogP contribution >= 0.6 is 0 Å². The average Bonchev–Trinajstić information content (AvgIpc) is 2.82. The summed E-state index contributed by atoms with van der Waals surface area (Å²) < 4.78 is 66.5. The van der Waals surface area contributed by atoms with Crippen LogP contribution in [0.3, 0.4) is 0 Å². The fourth-order valence-electron chi connectivity index (χ4n) is 4.71. The number of carbonyl (C=O) groups is 1. The summed E-state index contributed by atoms with van der Waals surface area (Å²) in [5, 5.41) is 0. The SMILES string of the molecule is Cc1[nH]c(=O)[nH]c(=O)c1S(=O)(=O)N1CCC[C@@H](C(=O)N2CCN(c3cccc(C(F)(F)F)c3)CC2)C1. The van der Waals surface area contributed by atoms with Crippen molar-refractivity contribution in [2.45, 2.75) is 30.8 Å². The first-order chi connectivity index (χ1) is 16.9. The number of aromatic nitrogens is 2. The van der Waals surface area contributed by atoms with Crippen LogP contribution in [0, 0.1) is 12.8 Å². The topological polar surface area (TPSA) is 127 Å². The second-order valence-electron chi connectivity index (χ2n) is 8.92. The van der Waals surface area contributed by atoms with Crippen LogP contribution < -0.4 is 16.1 Å². The molecular formula is C22H26F3N5O5S. The molecule has 3 heterocycles. The predicted molar refractivity (Wildman–Crippen MR) is 124 cm³/mol. The van der Waals surface area contributed by atoms with Gasteiger partial charge in [-0.2, -0.15) is 17.5 Å². The zero-order valence-electron chi connectivity index (χ0n) is 19.5. The molecule has 196 valence electrons. The highest BCUT2D eigenvalue weighted by molar-refractivity contribution is 7.89. The highest BCUT2D eigenvalue weighted by Crippen LogP contribution is 2.32. The maximum Gasteiger partial charge on any atom is 0.416 e. The van der Waals surface area contributed by atoms with E-state index in [0.29, 0.717) is 31.6 Å². The van der Waals surface area contributed by atoms with Crippen LogP contribution in [0.2, 0.25) is 0 Å². The van der Waals surface area contributed by atoms with Crippen LogP contribution in [0.25, 0.3) is 0 Å². The Hall–Kier alpha value is -3.13. The summed E-state index contributed by atoms with van der Waals surface area (Å²) in [6.45, 7) is 2.61. The first-order valence-electron chi connectivity index (χ1n) is 11.4. The predicted octanol–water partition coefficient (Wildman–Crippen LogP) is 1.14. The van der Waals surface area contributed by atoms with Gasteiger partial charge in [-0.05, 0) is 38.0 Å². The van der Waals surface area contributed by atoms with Gasteiger partial charge in [-0.1, -0.05) is 6.07 Å². The Labute approximate surface area is 204 Å². The Morgan fingerprint density at radius 1 is 1.06 bits per heavy atom. The smallest absolute Gasteiger partial charge is 0.368 e. The number of H-pyrrole nitrogens is 2. The quantitative estimate of drug-likeness (QED) is 0.612. The number of nitrogens with one attached hydrogen (secondary N) is 2. The molecule has 1 aromatic carbocycles. The summed E-state index contributed by atoms with van der Waals surface area (Å²) in [4.78, 5) is 43.9. The normalized spacial score (nSPS) is 19.9. The van der Waals surface area contributed by atoms with Crippen LogP contribution in [-0.2, 0) is 21.0 Å². The van der Waals surface area contributed by atoms with Crippen LogP contribution in [-0.4, -0.2) is 72.8 Å². The van der Waals surface area contributed by atoms with Gasteiger partial charge in [0.05, 0.1) is 11.5 Å². The first kappa shape index (κ1) is 25.9. The van der Waals surface area contributed by atoms with Crippen LogP contribution in [0.4, 0.5) is 18.9 Å². The number of carbonyl (C=O) groups excluding carboxylic acids is 1. The van der Waals surface area contributed by atoms with Gasteiger partial charge in [0.2, 0.25) is 15.9 Å². The maximum absolute atomic E-state index is 13.2. The lowest BCUT2D eigenvalue weighted by Gasteiger charge is -2.39. The zero-order valence-corrected chi connectivity index (χ0v) is 20.3. The van der Waals surface area contributed by atoms with E-state index in [4.69, 9.17) is 0 Å². The lowest BCUT2D eigenvalue weighted by atomic mass is 9.97. The second kappa shape index (κ2) is 9.73. The fourth-order valence-corrected chi connectivity index (χ4v) is 6.44. The minimum Gasteiger partial charge on any atom is -0.368 e. The number of halogens is 3. The third kappa shape index (κ3) is 5.19. The van der Waals surface area contributed by atoms with E-state index >= 15 is 0 Å². The van der Waals surface area contributed by atoms with Crippen molar-refractivity contribution < 1.29 is 26.4 Å². The molecule has 36 heavy (non-hydrogen) atoms.